The van der Waals surface area contributed by atoms with Gasteiger partial charge in [-0.2, -0.15) is 5.10 Å². The summed E-state index contributed by atoms with van der Waals surface area (Å²) in [7, 11) is 1.82. The molecule has 0 spiro atoms. The van der Waals surface area contributed by atoms with E-state index in [9.17, 15) is 10.1 Å². The minimum Gasteiger partial charge on any atom is -0.275 e. The first-order valence-electron chi connectivity index (χ1n) is 6.71. The number of rotatable bonds is 4. The smallest absolute Gasteiger partial charge is 0.270 e. The summed E-state index contributed by atoms with van der Waals surface area (Å²) < 4.78 is 1.69. The summed E-state index contributed by atoms with van der Waals surface area (Å²) in [6.45, 7) is 2.01. The molecule has 112 valence electrons. The summed E-state index contributed by atoms with van der Waals surface area (Å²) in [4.78, 5) is 16.2. The average molecular weight is 314 g/mol. The van der Waals surface area contributed by atoms with Gasteiger partial charge in [0.2, 0.25) is 0 Å². The molecule has 0 atom stereocenters. The SMILES string of the molecule is Cc1cnc(Cc2ccc([N+](=O)[O-])cc2-c2ccn(C)n2)s1. The molecule has 3 rings (SSSR count). The molecule has 0 aliphatic heterocycles. The van der Waals surface area contributed by atoms with Crippen molar-refractivity contribution in [2.75, 3.05) is 0 Å². The van der Waals surface area contributed by atoms with Gasteiger partial charge in [0.1, 0.15) is 0 Å². The molecule has 0 fully saturated rings. The van der Waals surface area contributed by atoms with E-state index in [1.54, 1.807) is 28.2 Å². The number of aryl methyl sites for hydroxylation is 2. The van der Waals surface area contributed by atoms with Crippen molar-refractivity contribution in [3.05, 3.63) is 62.2 Å². The van der Waals surface area contributed by atoms with Crippen LogP contribution in [0.25, 0.3) is 11.3 Å². The number of benzene rings is 1. The van der Waals surface area contributed by atoms with Gasteiger partial charge in [-0.3, -0.25) is 14.8 Å². The van der Waals surface area contributed by atoms with Crippen LogP contribution in [0, 0.1) is 17.0 Å². The van der Waals surface area contributed by atoms with Gasteiger partial charge in [0.05, 0.1) is 15.6 Å². The summed E-state index contributed by atoms with van der Waals surface area (Å²) in [5, 5.41) is 16.4. The number of nitrogens with zero attached hydrogens (tertiary/aromatic N) is 4. The van der Waals surface area contributed by atoms with Crippen LogP contribution in [-0.2, 0) is 13.5 Å². The summed E-state index contributed by atoms with van der Waals surface area (Å²) >= 11 is 1.63. The largest absolute Gasteiger partial charge is 0.275 e. The Balaban J connectivity index is 2.06. The van der Waals surface area contributed by atoms with Gasteiger partial charge in [-0.1, -0.05) is 6.07 Å². The van der Waals surface area contributed by atoms with Crippen molar-refractivity contribution in [1.82, 2.24) is 14.8 Å². The fourth-order valence-corrected chi connectivity index (χ4v) is 3.09. The molecule has 7 heteroatoms. The van der Waals surface area contributed by atoms with Crippen molar-refractivity contribution in [1.29, 1.82) is 0 Å². The lowest BCUT2D eigenvalue weighted by Crippen LogP contribution is -1.96. The minimum atomic E-state index is -0.385. The highest BCUT2D eigenvalue weighted by Gasteiger charge is 2.15. The number of thiazole rings is 1. The van der Waals surface area contributed by atoms with E-state index in [1.165, 1.54) is 6.07 Å². The molecule has 22 heavy (non-hydrogen) atoms. The third-order valence-corrected chi connectivity index (χ3v) is 4.22. The summed E-state index contributed by atoms with van der Waals surface area (Å²) in [5.41, 5.74) is 2.57. The maximum Gasteiger partial charge on any atom is 0.270 e. The van der Waals surface area contributed by atoms with E-state index in [0.717, 1.165) is 26.7 Å². The van der Waals surface area contributed by atoms with E-state index < -0.39 is 0 Å². The van der Waals surface area contributed by atoms with Gasteiger partial charge < -0.3 is 0 Å². The molecule has 6 nitrogen and oxygen atoms in total. The van der Waals surface area contributed by atoms with Crippen molar-refractivity contribution in [2.45, 2.75) is 13.3 Å². The number of hydrogen-bond donors (Lipinski definition) is 0. The average Bonchev–Trinajstić information content (AvgIpc) is 3.08. The predicted octanol–water partition coefficient (Wildman–Crippen LogP) is 3.35. The van der Waals surface area contributed by atoms with Crippen LogP contribution < -0.4 is 0 Å². The monoisotopic (exact) mass is 314 g/mol. The second-order valence-electron chi connectivity index (χ2n) is 5.01. The molecule has 1 aromatic carbocycles. The van der Waals surface area contributed by atoms with Gasteiger partial charge in [-0.05, 0) is 18.6 Å². The minimum absolute atomic E-state index is 0.0692. The fraction of sp³-hybridized carbons (Fsp3) is 0.200. The number of nitro benzene ring substituents is 1. The molecular formula is C15H14N4O2S. The first-order valence-corrected chi connectivity index (χ1v) is 7.53. The van der Waals surface area contributed by atoms with Crippen molar-refractivity contribution >= 4 is 17.0 Å². The van der Waals surface area contributed by atoms with Crippen LogP contribution in [0.2, 0.25) is 0 Å². The molecule has 0 aliphatic carbocycles. The van der Waals surface area contributed by atoms with E-state index in [-0.39, 0.29) is 10.6 Å². The Morgan fingerprint density at radius 3 is 2.77 bits per heavy atom. The second-order valence-corrected chi connectivity index (χ2v) is 6.33. The standard InChI is InChI=1S/C15H14N4O2S/c1-10-9-16-15(22-10)7-11-3-4-12(19(20)21)8-13(11)14-5-6-18(2)17-14/h3-6,8-9H,7H2,1-2H3. The van der Waals surface area contributed by atoms with Crippen LogP contribution in [0.3, 0.4) is 0 Å². The molecule has 0 N–H and O–H groups in total. The Hall–Kier alpha value is -2.54. The highest BCUT2D eigenvalue weighted by atomic mass is 32.1. The van der Waals surface area contributed by atoms with E-state index in [0.29, 0.717) is 6.42 Å². The lowest BCUT2D eigenvalue weighted by atomic mass is 10.0. The van der Waals surface area contributed by atoms with E-state index in [4.69, 9.17) is 0 Å². The van der Waals surface area contributed by atoms with Crippen LogP contribution >= 0.6 is 11.3 Å². The zero-order chi connectivity index (χ0) is 15.7. The maximum absolute atomic E-state index is 11.0. The van der Waals surface area contributed by atoms with Crippen LogP contribution in [0.5, 0.6) is 0 Å². The quantitative estimate of drug-likeness (QED) is 0.547. The first-order chi connectivity index (χ1) is 10.5. The molecule has 3 aromatic rings. The molecule has 0 radical (unpaired) electrons. The van der Waals surface area contributed by atoms with Crippen LogP contribution in [0.15, 0.2) is 36.7 Å². The topological polar surface area (TPSA) is 73.8 Å². The fourth-order valence-electron chi connectivity index (χ4n) is 2.28. The highest BCUT2D eigenvalue weighted by molar-refractivity contribution is 7.11. The number of aromatic nitrogens is 3. The third kappa shape index (κ3) is 2.89. The Morgan fingerprint density at radius 1 is 1.36 bits per heavy atom. The van der Waals surface area contributed by atoms with Crippen molar-refractivity contribution in [2.24, 2.45) is 7.05 Å². The molecule has 0 unspecified atom stereocenters. The number of hydrogen-bond acceptors (Lipinski definition) is 5. The first kappa shape index (κ1) is 14.4. The van der Waals surface area contributed by atoms with Crippen LogP contribution in [0.4, 0.5) is 5.69 Å². The van der Waals surface area contributed by atoms with Gasteiger partial charge in [-0.25, -0.2) is 4.98 Å². The Labute approximate surface area is 131 Å². The summed E-state index contributed by atoms with van der Waals surface area (Å²) in [6, 6.07) is 6.76. The molecule has 0 aliphatic rings. The van der Waals surface area contributed by atoms with Crippen molar-refractivity contribution in [3.8, 4) is 11.3 Å². The number of nitro groups is 1. The molecular weight excluding hydrogens is 300 g/mol. The molecule has 0 saturated heterocycles. The van der Waals surface area contributed by atoms with Gasteiger partial charge in [0, 0.05) is 48.4 Å². The molecule has 2 heterocycles. The molecule has 0 saturated carbocycles. The van der Waals surface area contributed by atoms with E-state index >= 15 is 0 Å². The van der Waals surface area contributed by atoms with Gasteiger partial charge >= 0.3 is 0 Å². The van der Waals surface area contributed by atoms with Crippen LogP contribution in [0.1, 0.15) is 15.4 Å². The summed E-state index contributed by atoms with van der Waals surface area (Å²) in [5.74, 6) is 0. The van der Waals surface area contributed by atoms with Gasteiger partial charge in [0.25, 0.3) is 5.69 Å². The zero-order valence-corrected chi connectivity index (χ0v) is 13.0. The molecule has 2 aromatic heterocycles. The molecule has 0 bridgehead atoms. The highest BCUT2D eigenvalue weighted by Crippen LogP contribution is 2.29. The van der Waals surface area contributed by atoms with Gasteiger partial charge in [0.15, 0.2) is 0 Å². The Morgan fingerprint density at radius 2 is 2.18 bits per heavy atom. The third-order valence-electron chi connectivity index (χ3n) is 3.30. The Kier molecular flexibility index (Phi) is 3.72. The van der Waals surface area contributed by atoms with E-state index in [2.05, 4.69) is 10.1 Å². The summed E-state index contributed by atoms with van der Waals surface area (Å²) in [6.07, 6.45) is 4.31. The van der Waals surface area contributed by atoms with E-state index in [1.807, 2.05) is 32.4 Å². The zero-order valence-electron chi connectivity index (χ0n) is 12.2. The van der Waals surface area contributed by atoms with Crippen molar-refractivity contribution < 1.29 is 4.92 Å². The van der Waals surface area contributed by atoms with Crippen LogP contribution in [-0.4, -0.2) is 19.7 Å². The Bertz CT molecular complexity index is 838. The van der Waals surface area contributed by atoms with Crippen molar-refractivity contribution in [3.63, 3.8) is 0 Å². The van der Waals surface area contributed by atoms with Gasteiger partial charge in [-0.15, -0.1) is 11.3 Å². The maximum atomic E-state index is 11.0. The lowest BCUT2D eigenvalue weighted by Gasteiger charge is -2.06. The number of non-ortho nitro benzene ring substituents is 1. The second kappa shape index (κ2) is 5.69. The normalized spacial score (nSPS) is 10.8. The molecule has 0 amide bonds. The predicted molar refractivity (Wildman–Crippen MR) is 85.0 cm³/mol. The lowest BCUT2D eigenvalue weighted by molar-refractivity contribution is -0.384.